The fraction of sp³-hybridized carbons (Fsp3) is 0.778. The predicted octanol–water partition coefficient (Wildman–Crippen LogP) is 1.05. The lowest BCUT2D eigenvalue weighted by atomic mass is 10.1. The first kappa shape index (κ1) is 12.1. The highest BCUT2D eigenvalue weighted by Gasteiger charge is 2.40. The first-order valence-corrected chi connectivity index (χ1v) is 5.38. The van der Waals surface area contributed by atoms with Crippen LogP contribution in [0.4, 0.5) is 4.79 Å². The number of rotatable bonds is 5. The van der Waals surface area contributed by atoms with E-state index in [0.29, 0.717) is 12.5 Å². The van der Waals surface area contributed by atoms with E-state index >= 15 is 0 Å². The molecule has 2 atom stereocenters. The fourth-order valence-corrected chi connectivity index (χ4v) is 1.34. The molecule has 1 fully saturated rings. The number of alkyl halides is 1. The van der Waals surface area contributed by atoms with Crippen LogP contribution in [0.1, 0.15) is 19.8 Å². The molecule has 1 aliphatic rings. The van der Waals surface area contributed by atoms with Crippen molar-refractivity contribution in [2.45, 2.75) is 31.9 Å². The van der Waals surface area contributed by atoms with Crippen LogP contribution in [0.2, 0.25) is 0 Å². The van der Waals surface area contributed by atoms with Crippen molar-refractivity contribution in [3.63, 3.8) is 0 Å². The molecule has 1 rings (SSSR count). The van der Waals surface area contributed by atoms with Crippen molar-refractivity contribution in [1.82, 2.24) is 5.32 Å². The van der Waals surface area contributed by atoms with Gasteiger partial charge < -0.3 is 14.8 Å². The standard InChI is InChI=1S/C9H14ClNO4/c1-6-7(8(12)15-6)11-9(13)14-5-3-2-4-10/h6-7H,2-5H2,1H3,(H,11,13)/t6-,7+/m0/s1. The molecule has 1 N–H and O–H groups in total. The summed E-state index contributed by atoms with van der Waals surface area (Å²) in [5.74, 6) is 0.136. The van der Waals surface area contributed by atoms with Crippen LogP contribution < -0.4 is 5.32 Å². The SMILES string of the molecule is C[C@@H]1OC(=O)[C@@H]1NC(=O)OCCCCCl. The Bertz CT molecular complexity index is 246. The summed E-state index contributed by atoms with van der Waals surface area (Å²) < 4.78 is 9.50. The number of nitrogens with one attached hydrogen (secondary N) is 1. The molecule has 0 bridgehead atoms. The lowest BCUT2D eigenvalue weighted by Gasteiger charge is -2.32. The second kappa shape index (κ2) is 5.80. The van der Waals surface area contributed by atoms with Gasteiger partial charge in [-0.3, -0.25) is 0 Å². The van der Waals surface area contributed by atoms with E-state index in [-0.39, 0.29) is 6.10 Å². The molecule has 5 nitrogen and oxygen atoms in total. The summed E-state index contributed by atoms with van der Waals surface area (Å²) in [6.45, 7) is 2.02. The van der Waals surface area contributed by atoms with Crippen molar-refractivity contribution in [1.29, 1.82) is 0 Å². The number of cyclic esters (lactones) is 1. The third-order valence-corrected chi connectivity index (χ3v) is 2.33. The summed E-state index contributed by atoms with van der Waals surface area (Å²) >= 11 is 5.45. The molecule has 1 aliphatic heterocycles. The predicted molar refractivity (Wildman–Crippen MR) is 53.8 cm³/mol. The molecule has 0 aliphatic carbocycles. The van der Waals surface area contributed by atoms with Crippen LogP contribution in [0.5, 0.6) is 0 Å². The van der Waals surface area contributed by atoms with E-state index in [1.54, 1.807) is 6.92 Å². The molecular weight excluding hydrogens is 222 g/mol. The van der Waals surface area contributed by atoms with Crippen LogP contribution in [-0.4, -0.2) is 36.7 Å². The smallest absolute Gasteiger partial charge is 0.407 e. The summed E-state index contributed by atoms with van der Waals surface area (Å²) in [6, 6.07) is -0.564. The molecule has 0 aromatic heterocycles. The minimum absolute atomic E-state index is 0.270. The van der Waals surface area contributed by atoms with Crippen LogP contribution >= 0.6 is 11.6 Å². The van der Waals surface area contributed by atoms with Crippen LogP contribution in [0.3, 0.4) is 0 Å². The Morgan fingerprint density at radius 3 is 2.87 bits per heavy atom. The van der Waals surface area contributed by atoms with Crippen molar-refractivity contribution in [3.8, 4) is 0 Å². The molecule has 0 aromatic rings. The Morgan fingerprint density at radius 1 is 1.60 bits per heavy atom. The maximum atomic E-state index is 11.1. The second-order valence-corrected chi connectivity index (χ2v) is 3.67. The largest absolute Gasteiger partial charge is 0.458 e. The van der Waals surface area contributed by atoms with Crippen molar-refractivity contribution in [3.05, 3.63) is 0 Å². The van der Waals surface area contributed by atoms with Crippen molar-refractivity contribution < 1.29 is 19.1 Å². The molecule has 0 aromatic carbocycles. The van der Waals surface area contributed by atoms with Gasteiger partial charge in [-0.05, 0) is 19.8 Å². The second-order valence-electron chi connectivity index (χ2n) is 3.30. The topological polar surface area (TPSA) is 64.6 Å². The number of alkyl carbamates (subject to hydrolysis) is 1. The Kier molecular flexibility index (Phi) is 4.68. The number of carbonyl (C=O) groups excluding carboxylic acids is 2. The molecule has 0 saturated carbocycles. The van der Waals surface area contributed by atoms with Crippen LogP contribution in [0.25, 0.3) is 0 Å². The molecule has 86 valence electrons. The molecule has 1 heterocycles. The van der Waals surface area contributed by atoms with Crippen LogP contribution in [0.15, 0.2) is 0 Å². The van der Waals surface area contributed by atoms with Gasteiger partial charge in [0.1, 0.15) is 6.10 Å². The minimum atomic E-state index is -0.585. The summed E-state index contributed by atoms with van der Waals surface area (Å²) in [5.41, 5.74) is 0. The first-order chi connectivity index (χ1) is 7.15. The van der Waals surface area contributed by atoms with Crippen LogP contribution in [-0.2, 0) is 14.3 Å². The lowest BCUT2D eigenvalue weighted by molar-refractivity contribution is -0.174. The number of hydrogen-bond donors (Lipinski definition) is 1. The quantitative estimate of drug-likeness (QED) is 0.439. The normalized spacial score (nSPS) is 24.0. The number of amides is 1. The van der Waals surface area contributed by atoms with Crippen molar-refractivity contribution in [2.75, 3.05) is 12.5 Å². The van der Waals surface area contributed by atoms with E-state index < -0.39 is 18.1 Å². The van der Waals surface area contributed by atoms with Gasteiger partial charge in [0.15, 0.2) is 6.04 Å². The van der Waals surface area contributed by atoms with Crippen molar-refractivity contribution >= 4 is 23.7 Å². The Labute approximate surface area is 93.1 Å². The summed E-state index contributed by atoms with van der Waals surface area (Å²) in [6.07, 6.45) is 0.670. The number of esters is 1. The Balaban J connectivity index is 2.10. The van der Waals surface area contributed by atoms with Gasteiger partial charge in [0.05, 0.1) is 6.61 Å². The maximum absolute atomic E-state index is 11.1. The molecular formula is C9H14ClNO4. The maximum Gasteiger partial charge on any atom is 0.407 e. The van der Waals surface area contributed by atoms with Gasteiger partial charge in [0.25, 0.3) is 0 Å². The molecule has 0 radical (unpaired) electrons. The monoisotopic (exact) mass is 235 g/mol. The zero-order valence-electron chi connectivity index (χ0n) is 8.49. The molecule has 1 saturated heterocycles. The van der Waals surface area contributed by atoms with E-state index in [1.165, 1.54) is 0 Å². The van der Waals surface area contributed by atoms with Gasteiger partial charge in [0, 0.05) is 5.88 Å². The average molecular weight is 236 g/mol. The zero-order valence-corrected chi connectivity index (χ0v) is 9.25. The van der Waals surface area contributed by atoms with Gasteiger partial charge in [0.2, 0.25) is 0 Å². The Hall–Kier alpha value is -0.970. The number of halogens is 1. The van der Waals surface area contributed by atoms with E-state index in [0.717, 1.165) is 12.8 Å². The third-order valence-electron chi connectivity index (χ3n) is 2.06. The molecule has 6 heteroatoms. The fourth-order valence-electron chi connectivity index (χ4n) is 1.15. The van der Waals surface area contributed by atoms with Gasteiger partial charge >= 0.3 is 12.1 Å². The average Bonchev–Trinajstić information content (AvgIpc) is 2.21. The van der Waals surface area contributed by atoms with Gasteiger partial charge in [-0.1, -0.05) is 0 Å². The summed E-state index contributed by atoms with van der Waals surface area (Å²) in [5, 5.41) is 2.42. The molecule has 15 heavy (non-hydrogen) atoms. The molecule has 1 amide bonds. The lowest BCUT2D eigenvalue weighted by Crippen LogP contribution is -2.58. The van der Waals surface area contributed by atoms with Gasteiger partial charge in [-0.25, -0.2) is 9.59 Å². The van der Waals surface area contributed by atoms with Gasteiger partial charge in [-0.2, -0.15) is 0 Å². The third kappa shape index (κ3) is 3.58. The minimum Gasteiger partial charge on any atom is -0.458 e. The van der Waals surface area contributed by atoms with E-state index in [2.05, 4.69) is 10.1 Å². The summed E-state index contributed by atoms with van der Waals surface area (Å²) in [7, 11) is 0. The highest BCUT2D eigenvalue weighted by Crippen LogP contribution is 2.13. The zero-order chi connectivity index (χ0) is 11.3. The molecule has 0 unspecified atom stereocenters. The number of unbranched alkanes of at least 4 members (excludes halogenated alkanes) is 1. The highest BCUT2D eigenvalue weighted by atomic mass is 35.5. The number of ether oxygens (including phenoxy) is 2. The van der Waals surface area contributed by atoms with Crippen molar-refractivity contribution in [2.24, 2.45) is 0 Å². The van der Waals surface area contributed by atoms with Gasteiger partial charge in [-0.15, -0.1) is 11.6 Å². The van der Waals surface area contributed by atoms with E-state index in [1.807, 2.05) is 0 Å². The Morgan fingerprint density at radius 2 is 2.33 bits per heavy atom. The first-order valence-electron chi connectivity index (χ1n) is 4.85. The number of carbonyl (C=O) groups is 2. The number of hydrogen-bond acceptors (Lipinski definition) is 4. The molecule has 0 spiro atoms. The highest BCUT2D eigenvalue weighted by molar-refractivity contribution is 6.17. The van der Waals surface area contributed by atoms with Crippen LogP contribution in [0, 0.1) is 0 Å². The van der Waals surface area contributed by atoms with E-state index in [9.17, 15) is 9.59 Å². The summed E-state index contributed by atoms with van der Waals surface area (Å²) in [4.78, 5) is 22.0. The van der Waals surface area contributed by atoms with E-state index in [4.69, 9.17) is 16.3 Å².